The summed E-state index contributed by atoms with van der Waals surface area (Å²) in [4.78, 5) is 2.29. The largest absolute Gasteiger partial charge is 0.458 e. The van der Waals surface area contributed by atoms with Gasteiger partial charge in [0.2, 0.25) is 0 Å². The zero-order valence-corrected chi connectivity index (χ0v) is 39.4. The van der Waals surface area contributed by atoms with E-state index in [1.54, 1.807) is 0 Å². The summed E-state index contributed by atoms with van der Waals surface area (Å²) in [7, 11) is 0. The molecule has 0 amide bonds. The highest BCUT2D eigenvalue weighted by molar-refractivity contribution is 6.98. The third-order valence-electron chi connectivity index (χ3n) is 14.3. The van der Waals surface area contributed by atoms with Gasteiger partial charge in [-0.3, -0.25) is 0 Å². The molecule has 11 aromatic carbocycles. The molecular weight excluding hydrogens is 850 g/mol. The van der Waals surface area contributed by atoms with Gasteiger partial charge in [0.25, 0.3) is 6.71 Å². The van der Waals surface area contributed by atoms with E-state index in [4.69, 9.17) is 9.47 Å². The van der Waals surface area contributed by atoms with E-state index in [-0.39, 0.29) is 12.1 Å². The summed E-state index contributed by atoms with van der Waals surface area (Å²) in [6.07, 6.45) is 0. The van der Waals surface area contributed by atoms with Gasteiger partial charge in [-0.05, 0) is 155 Å². The van der Waals surface area contributed by atoms with E-state index in [2.05, 4.69) is 262 Å². The average Bonchev–Trinajstić information content (AvgIpc) is 3.40. The van der Waals surface area contributed by atoms with Crippen LogP contribution in [0.1, 0.15) is 26.3 Å². The monoisotopic (exact) mass is 897 g/mol. The summed E-state index contributed by atoms with van der Waals surface area (Å²) in [5, 5.41) is 4.88. The van der Waals surface area contributed by atoms with Gasteiger partial charge in [0, 0.05) is 28.6 Å². The SMILES string of the molecule is CC(C)(C)c1cccc(-c2cc(-c3cc4c5c(c3)Oc3cc(N(c6ccccc6)c6ccccc6)ccc3B5c3ccccc3O4)cc(-c3c4ccccc4c(-c4ccccc4)c4ccccc34)c2)c1. The van der Waals surface area contributed by atoms with E-state index < -0.39 is 0 Å². The first-order chi connectivity index (χ1) is 34.3. The standard InChI is InChI=1S/C66H48BNO2/c1-66(2,3)49-23-19-22-44(39-49)45-36-46(38-48(37-45)64-55-30-15-13-28-53(55)63(43-20-7-4-8-21-43)54-29-14-16-31-56(54)64)47-40-61-65-62(41-47)70-60-42-52(34-35-58(60)67(65)57-32-17-18-33-59(57)69-61)68(50-24-9-5-10-25-50)51-26-11-6-12-27-51/h4-42H,1-3H3. The molecule has 0 aliphatic carbocycles. The van der Waals surface area contributed by atoms with Crippen LogP contribution in [0.2, 0.25) is 0 Å². The molecule has 0 saturated carbocycles. The number of ether oxygens (including phenoxy) is 2. The first kappa shape index (κ1) is 41.6. The van der Waals surface area contributed by atoms with Crippen molar-refractivity contribution in [2.45, 2.75) is 26.2 Å². The lowest BCUT2D eigenvalue weighted by molar-refractivity contribution is 0.465. The average molecular weight is 898 g/mol. The van der Waals surface area contributed by atoms with E-state index in [1.807, 2.05) is 0 Å². The van der Waals surface area contributed by atoms with Crippen molar-refractivity contribution in [1.29, 1.82) is 0 Å². The van der Waals surface area contributed by atoms with Crippen LogP contribution in [-0.2, 0) is 5.41 Å². The van der Waals surface area contributed by atoms with Crippen LogP contribution in [0.5, 0.6) is 23.0 Å². The predicted molar refractivity (Wildman–Crippen MR) is 294 cm³/mol. The molecule has 332 valence electrons. The highest BCUT2D eigenvalue weighted by atomic mass is 16.5. The molecule has 11 aromatic rings. The van der Waals surface area contributed by atoms with Crippen molar-refractivity contribution in [1.82, 2.24) is 0 Å². The first-order valence-electron chi connectivity index (χ1n) is 24.3. The Kier molecular flexibility index (Phi) is 9.85. The second-order valence-corrected chi connectivity index (χ2v) is 19.6. The Balaban J connectivity index is 1.03. The number of fused-ring (bicyclic) bond motifs is 6. The fourth-order valence-electron chi connectivity index (χ4n) is 11.0. The summed E-state index contributed by atoms with van der Waals surface area (Å²) >= 11 is 0. The minimum atomic E-state index is -0.0772. The Morgan fingerprint density at radius 2 is 0.800 bits per heavy atom. The number of nitrogens with zero attached hydrogens (tertiary/aromatic N) is 1. The van der Waals surface area contributed by atoms with Crippen molar-refractivity contribution in [3.63, 3.8) is 0 Å². The fraction of sp³-hybridized carbons (Fsp3) is 0.0606. The molecule has 2 heterocycles. The van der Waals surface area contributed by atoms with Crippen LogP contribution >= 0.6 is 0 Å². The maximum absolute atomic E-state index is 7.21. The number of hydrogen-bond donors (Lipinski definition) is 0. The Morgan fingerprint density at radius 3 is 1.41 bits per heavy atom. The lowest BCUT2D eigenvalue weighted by Gasteiger charge is -2.34. The molecular formula is C66H48BNO2. The van der Waals surface area contributed by atoms with Crippen molar-refractivity contribution in [3.8, 4) is 67.5 Å². The molecule has 0 fully saturated rings. The quantitative estimate of drug-likeness (QED) is 0.118. The minimum absolute atomic E-state index is 0.0197. The molecule has 0 spiro atoms. The van der Waals surface area contributed by atoms with Gasteiger partial charge in [-0.15, -0.1) is 0 Å². The van der Waals surface area contributed by atoms with Crippen LogP contribution in [0.4, 0.5) is 17.1 Å². The maximum atomic E-state index is 7.21. The van der Waals surface area contributed by atoms with Crippen molar-refractivity contribution < 1.29 is 9.47 Å². The predicted octanol–water partition coefficient (Wildman–Crippen LogP) is 16.2. The Labute approximate surface area is 410 Å². The van der Waals surface area contributed by atoms with Crippen LogP contribution in [0.3, 0.4) is 0 Å². The van der Waals surface area contributed by atoms with Crippen molar-refractivity contribution in [3.05, 3.63) is 242 Å². The molecule has 0 saturated heterocycles. The maximum Gasteiger partial charge on any atom is 0.260 e. The molecule has 4 heteroatoms. The van der Waals surface area contributed by atoms with Gasteiger partial charge in [0.1, 0.15) is 23.0 Å². The van der Waals surface area contributed by atoms with Crippen molar-refractivity contribution in [2.75, 3.05) is 4.90 Å². The summed E-state index contributed by atoms with van der Waals surface area (Å²) in [6.45, 7) is 6.78. The fourth-order valence-corrected chi connectivity index (χ4v) is 11.0. The van der Waals surface area contributed by atoms with Crippen molar-refractivity contribution in [2.24, 2.45) is 0 Å². The molecule has 0 atom stereocenters. The zero-order valence-electron chi connectivity index (χ0n) is 39.4. The Bertz CT molecular complexity index is 3730. The van der Waals surface area contributed by atoms with Gasteiger partial charge in [0.15, 0.2) is 0 Å². The molecule has 2 aliphatic rings. The van der Waals surface area contributed by atoms with Gasteiger partial charge in [-0.25, -0.2) is 0 Å². The summed E-state index contributed by atoms with van der Waals surface area (Å²) < 4.78 is 14.2. The Hall–Kier alpha value is -8.60. The number of benzene rings is 11. The second kappa shape index (κ2) is 16.6. The normalized spacial score (nSPS) is 12.4. The second-order valence-electron chi connectivity index (χ2n) is 19.6. The van der Waals surface area contributed by atoms with E-state index >= 15 is 0 Å². The smallest absolute Gasteiger partial charge is 0.260 e. The van der Waals surface area contributed by atoms with Crippen LogP contribution in [0.15, 0.2) is 237 Å². The van der Waals surface area contributed by atoms with Crippen LogP contribution in [0, 0.1) is 0 Å². The third kappa shape index (κ3) is 7.06. The molecule has 0 aromatic heterocycles. The number of rotatable bonds is 7. The number of hydrogen-bond acceptors (Lipinski definition) is 3. The highest BCUT2D eigenvalue weighted by Crippen LogP contribution is 2.47. The molecule has 70 heavy (non-hydrogen) atoms. The molecule has 3 nitrogen and oxygen atoms in total. The van der Waals surface area contributed by atoms with Gasteiger partial charge >= 0.3 is 0 Å². The molecule has 2 aliphatic heterocycles. The van der Waals surface area contributed by atoms with Crippen LogP contribution in [-0.4, -0.2) is 6.71 Å². The molecule has 13 rings (SSSR count). The lowest BCUT2D eigenvalue weighted by Crippen LogP contribution is -2.57. The minimum Gasteiger partial charge on any atom is -0.458 e. The number of anilines is 3. The van der Waals surface area contributed by atoms with Crippen LogP contribution < -0.4 is 30.8 Å². The molecule has 0 bridgehead atoms. The summed E-state index contributed by atoms with van der Waals surface area (Å²) in [5.41, 5.74) is 17.0. The zero-order chi connectivity index (χ0) is 46.9. The van der Waals surface area contributed by atoms with E-state index in [1.165, 1.54) is 49.4 Å². The molecule has 0 N–H and O–H groups in total. The van der Waals surface area contributed by atoms with Gasteiger partial charge in [0.05, 0.1) is 0 Å². The van der Waals surface area contributed by atoms with E-state index in [0.29, 0.717) is 0 Å². The van der Waals surface area contributed by atoms with Crippen LogP contribution in [0.25, 0.3) is 66.1 Å². The van der Waals surface area contributed by atoms with Gasteiger partial charge in [-0.2, -0.15) is 0 Å². The molecule has 0 unspecified atom stereocenters. The first-order valence-corrected chi connectivity index (χ1v) is 24.3. The topological polar surface area (TPSA) is 21.7 Å². The lowest BCUT2D eigenvalue weighted by atomic mass is 9.35. The van der Waals surface area contributed by atoms with Crippen molar-refractivity contribution >= 4 is 61.7 Å². The van der Waals surface area contributed by atoms with E-state index in [0.717, 1.165) is 78.7 Å². The highest BCUT2D eigenvalue weighted by Gasteiger charge is 2.41. The third-order valence-corrected chi connectivity index (χ3v) is 14.3. The van der Waals surface area contributed by atoms with Gasteiger partial charge in [-0.1, -0.05) is 185 Å². The van der Waals surface area contributed by atoms with E-state index in [9.17, 15) is 0 Å². The molecule has 0 radical (unpaired) electrons. The summed E-state index contributed by atoms with van der Waals surface area (Å²) in [6, 6.07) is 85.5. The Morgan fingerprint density at radius 1 is 0.329 bits per heavy atom. The van der Waals surface area contributed by atoms with Gasteiger partial charge < -0.3 is 14.4 Å². The number of para-hydroxylation sites is 3. The summed E-state index contributed by atoms with van der Waals surface area (Å²) in [5.74, 6) is 3.30.